The Morgan fingerprint density at radius 1 is 1.32 bits per heavy atom. The first-order valence-corrected chi connectivity index (χ1v) is 7.52. The van der Waals surface area contributed by atoms with Crippen LogP contribution in [0, 0.1) is 15.5 Å². The predicted molar refractivity (Wildman–Crippen MR) is 88.6 cm³/mol. The summed E-state index contributed by atoms with van der Waals surface area (Å²) < 4.78 is 1.43. The average Bonchev–Trinajstić information content (AvgIpc) is 3.04. The lowest BCUT2D eigenvalue weighted by atomic mass is 9.90. The SMILES string of the molecule is CC(C)(CCNC(=O)c1cnn(-c2ccc([N+](=O)[O-])cc2)c1)C(=O)O. The largest absolute Gasteiger partial charge is 0.481 e. The molecule has 1 amide bonds. The van der Waals surface area contributed by atoms with Crippen LogP contribution in [0.2, 0.25) is 0 Å². The minimum atomic E-state index is -0.923. The molecule has 0 fully saturated rings. The number of carbonyl (C=O) groups excluding carboxylic acids is 1. The lowest BCUT2D eigenvalue weighted by Gasteiger charge is -2.18. The van der Waals surface area contributed by atoms with E-state index in [9.17, 15) is 19.7 Å². The first kappa shape index (κ1) is 18.1. The number of benzene rings is 1. The normalized spacial score (nSPS) is 11.1. The van der Waals surface area contributed by atoms with E-state index in [1.807, 2.05) is 0 Å². The van der Waals surface area contributed by atoms with Crippen molar-refractivity contribution in [1.82, 2.24) is 15.1 Å². The predicted octanol–water partition coefficient (Wildman–Crippen LogP) is 2.01. The van der Waals surface area contributed by atoms with Gasteiger partial charge in [-0.2, -0.15) is 5.10 Å². The summed E-state index contributed by atoms with van der Waals surface area (Å²) in [7, 11) is 0. The van der Waals surface area contributed by atoms with Gasteiger partial charge in [-0.05, 0) is 32.4 Å². The Bertz CT molecular complexity index is 795. The van der Waals surface area contributed by atoms with Crippen molar-refractivity contribution in [3.8, 4) is 5.69 Å². The number of nitro benzene ring substituents is 1. The number of carboxylic acid groups (broad SMARTS) is 1. The molecule has 0 saturated heterocycles. The minimum Gasteiger partial charge on any atom is -0.481 e. The van der Waals surface area contributed by atoms with Crippen molar-refractivity contribution >= 4 is 17.6 Å². The van der Waals surface area contributed by atoms with Gasteiger partial charge in [0.25, 0.3) is 11.6 Å². The third-order valence-corrected chi connectivity index (χ3v) is 3.78. The van der Waals surface area contributed by atoms with Crippen LogP contribution in [-0.4, -0.2) is 38.2 Å². The Hall–Kier alpha value is -3.23. The van der Waals surface area contributed by atoms with Crippen molar-refractivity contribution < 1.29 is 19.6 Å². The summed E-state index contributed by atoms with van der Waals surface area (Å²) in [5.74, 6) is -1.29. The van der Waals surface area contributed by atoms with Crippen LogP contribution in [0.15, 0.2) is 36.7 Å². The highest BCUT2D eigenvalue weighted by Gasteiger charge is 2.26. The summed E-state index contributed by atoms with van der Waals surface area (Å²) in [5, 5.41) is 26.4. The highest BCUT2D eigenvalue weighted by atomic mass is 16.6. The fourth-order valence-electron chi connectivity index (χ4n) is 2.01. The summed E-state index contributed by atoms with van der Waals surface area (Å²) >= 11 is 0. The Labute approximate surface area is 143 Å². The molecule has 0 spiro atoms. The molecule has 9 nitrogen and oxygen atoms in total. The summed E-state index contributed by atoms with van der Waals surface area (Å²) in [5.41, 5.74) is -0.0611. The number of hydrogen-bond donors (Lipinski definition) is 2. The van der Waals surface area contributed by atoms with Crippen molar-refractivity contribution in [2.75, 3.05) is 6.54 Å². The second kappa shape index (κ2) is 7.12. The van der Waals surface area contributed by atoms with E-state index in [2.05, 4.69) is 10.4 Å². The molecule has 1 aromatic heterocycles. The molecule has 1 heterocycles. The molecule has 0 radical (unpaired) electrons. The lowest BCUT2D eigenvalue weighted by Crippen LogP contribution is -2.31. The van der Waals surface area contributed by atoms with Gasteiger partial charge in [0.1, 0.15) is 0 Å². The molecule has 0 aliphatic carbocycles. The second-order valence-electron chi connectivity index (χ2n) is 6.14. The molecule has 0 aliphatic heterocycles. The van der Waals surface area contributed by atoms with Gasteiger partial charge in [0.15, 0.2) is 0 Å². The molecule has 0 bridgehead atoms. The summed E-state index contributed by atoms with van der Waals surface area (Å²) in [6.07, 6.45) is 3.17. The number of nitro groups is 1. The maximum absolute atomic E-state index is 12.1. The van der Waals surface area contributed by atoms with E-state index in [1.165, 1.54) is 41.3 Å². The first-order chi connectivity index (χ1) is 11.7. The molecule has 2 N–H and O–H groups in total. The van der Waals surface area contributed by atoms with Gasteiger partial charge in [-0.3, -0.25) is 19.7 Å². The van der Waals surface area contributed by atoms with E-state index in [4.69, 9.17) is 5.11 Å². The molecule has 25 heavy (non-hydrogen) atoms. The fraction of sp³-hybridized carbons (Fsp3) is 0.312. The van der Waals surface area contributed by atoms with E-state index in [0.29, 0.717) is 17.7 Å². The molecule has 0 aliphatic rings. The van der Waals surface area contributed by atoms with E-state index < -0.39 is 16.3 Å². The molecule has 0 saturated carbocycles. The number of non-ortho nitro benzene ring substituents is 1. The Kier molecular flexibility index (Phi) is 5.16. The number of carbonyl (C=O) groups is 2. The van der Waals surface area contributed by atoms with Crippen LogP contribution in [0.3, 0.4) is 0 Å². The Balaban J connectivity index is 1.99. The number of nitrogens with one attached hydrogen (secondary N) is 1. The number of aromatic nitrogens is 2. The number of rotatable bonds is 7. The number of hydrogen-bond acceptors (Lipinski definition) is 5. The number of amides is 1. The van der Waals surface area contributed by atoms with Gasteiger partial charge in [0.2, 0.25) is 0 Å². The van der Waals surface area contributed by atoms with Crippen LogP contribution in [0.5, 0.6) is 0 Å². The van der Waals surface area contributed by atoms with Crippen LogP contribution >= 0.6 is 0 Å². The molecule has 9 heteroatoms. The third-order valence-electron chi connectivity index (χ3n) is 3.78. The maximum atomic E-state index is 12.1. The quantitative estimate of drug-likeness (QED) is 0.583. The minimum absolute atomic E-state index is 0.0325. The molecule has 0 unspecified atom stereocenters. The maximum Gasteiger partial charge on any atom is 0.309 e. The van der Waals surface area contributed by atoms with Crippen molar-refractivity contribution in [3.05, 3.63) is 52.3 Å². The molecular weight excluding hydrogens is 328 g/mol. The van der Waals surface area contributed by atoms with Gasteiger partial charge in [0.05, 0.1) is 27.8 Å². The van der Waals surface area contributed by atoms with E-state index >= 15 is 0 Å². The summed E-state index contributed by atoms with van der Waals surface area (Å²) in [6.45, 7) is 3.41. The molecule has 1 aromatic carbocycles. The zero-order valence-corrected chi connectivity index (χ0v) is 13.8. The summed E-state index contributed by atoms with van der Waals surface area (Å²) in [6, 6.07) is 5.76. The smallest absolute Gasteiger partial charge is 0.309 e. The van der Waals surface area contributed by atoms with Crippen LogP contribution in [0.1, 0.15) is 30.6 Å². The van der Waals surface area contributed by atoms with Crippen LogP contribution in [0.25, 0.3) is 5.69 Å². The van der Waals surface area contributed by atoms with Crippen molar-refractivity contribution in [2.24, 2.45) is 5.41 Å². The Morgan fingerprint density at radius 3 is 2.52 bits per heavy atom. The zero-order valence-electron chi connectivity index (χ0n) is 13.8. The van der Waals surface area contributed by atoms with Gasteiger partial charge < -0.3 is 10.4 Å². The topological polar surface area (TPSA) is 127 Å². The summed E-state index contributed by atoms with van der Waals surface area (Å²) in [4.78, 5) is 33.3. The van der Waals surface area contributed by atoms with E-state index in [0.717, 1.165) is 0 Å². The molecule has 2 aromatic rings. The van der Waals surface area contributed by atoms with Crippen LogP contribution < -0.4 is 5.32 Å². The molecule has 132 valence electrons. The van der Waals surface area contributed by atoms with Crippen molar-refractivity contribution in [3.63, 3.8) is 0 Å². The fourth-order valence-corrected chi connectivity index (χ4v) is 2.01. The monoisotopic (exact) mass is 346 g/mol. The number of carboxylic acids is 1. The van der Waals surface area contributed by atoms with Gasteiger partial charge in [0, 0.05) is 24.9 Å². The number of aliphatic carboxylic acids is 1. The van der Waals surface area contributed by atoms with Crippen LogP contribution in [-0.2, 0) is 4.79 Å². The second-order valence-corrected chi connectivity index (χ2v) is 6.14. The van der Waals surface area contributed by atoms with Crippen molar-refractivity contribution in [2.45, 2.75) is 20.3 Å². The highest BCUT2D eigenvalue weighted by Crippen LogP contribution is 2.19. The van der Waals surface area contributed by atoms with Crippen LogP contribution in [0.4, 0.5) is 5.69 Å². The average molecular weight is 346 g/mol. The lowest BCUT2D eigenvalue weighted by molar-refractivity contribution is -0.384. The van der Waals surface area contributed by atoms with E-state index in [1.54, 1.807) is 13.8 Å². The first-order valence-electron chi connectivity index (χ1n) is 7.52. The van der Waals surface area contributed by atoms with Gasteiger partial charge in [-0.15, -0.1) is 0 Å². The number of nitrogens with zero attached hydrogens (tertiary/aromatic N) is 3. The third kappa shape index (κ3) is 4.40. The molecular formula is C16H18N4O5. The molecule has 0 atom stereocenters. The standard InChI is InChI=1S/C16H18N4O5/c1-16(2,15(22)23)7-8-17-14(21)11-9-18-19(10-11)12-3-5-13(6-4-12)20(24)25/h3-6,9-10H,7-8H2,1-2H3,(H,17,21)(H,22,23). The molecule has 2 rings (SSSR count). The highest BCUT2D eigenvalue weighted by molar-refractivity contribution is 5.93. The van der Waals surface area contributed by atoms with Crippen molar-refractivity contribution in [1.29, 1.82) is 0 Å². The zero-order chi connectivity index (χ0) is 18.6. The van der Waals surface area contributed by atoms with Gasteiger partial charge >= 0.3 is 5.97 Å². The van der Waals surface area contributed by atoms with Gasteiger partial charge in [-0.1, -0.05) is 0 Å². The van der Waals surface area contributed by atoms with E-state index in [-0.39, 0.29) is 18.1 Å². The van der Waals surface area contributed by atoms with Gasteiger partial charge in [-0.25, -0.2) is 4.68 Å². The Morgan fingerprint density at radius 2 is 1.96 bits per heavy atom.